The largest absolute Gasteiger partial charge is 0.396 e. The molecule has 0 saturated carbocycles. The third-order valence-electron chi connectivity index (χ3n) is 2.18. The number of halogens is 1. The maximum absolute atomic E-state index is 13.0. The highest BCUT2D eigenvalue weighted by Gasteiger charge is 2.16. The summed E-state index contributed by atoms with van der Waals surface area (Å²) in [6.45, 7) is 0. The lowest BCUT2D eigenvalue weighted by molar-refractivity contribution is 0.595. The van der Waals surface area contributed by atoms with Gasteiger partial charge in [0.15, 0.2) is 5.82 Å². The van der Waals surface area contributed by atoms with Crippen molar-refractivity contribution in [1.29, 1.82) is 0 Å². The van der Waals surface area contributed by atoms with E-state index in [2.05, 4.69) is 9.71 Å². The average Bonchev–Trinajstić information content (AvgIpc) is 2.32. The number of pyridine rings is 1. The van der Waals surface area contributed by atoms with Crippen molar-refractivity contribution in [3.63, 3.8) is 0 Å². The lowest BCUT2D eigenvalue weighted by Gasteiger charge is -2.08. The topological polar surface area (TPSA) is 85.1 Å². The molecule has 0 unspecified atom stereocenters. The number of aromatic nitrogens is 1. The summed E-state index contributed by atoms with van der Waals surface area (Å²) in [5.41, 5.74) is 5.76. The van der Waals surface area contributed by atoms with E-state index in [4.69, 9.17) is 5.73 Å². The minimum Gasteiger partial charge on any atom is -0.396 e. The zero-order chi connectivity index (χ0) is 13.2. The Bertz CT molecular complexity index is 673. The van der Waals surface area contributed by atoms with Gasteiger partial charge in [0.05, 0.1) is 10.6 Å². The number of benzene rings is 1. The van der Waals surface area contributed by atoms with Crippen LogP contribution in [0.2, 0.25) is 0 Å². The summed E-state index contributed by atoms with van der Waals surface area (Å²) in [6.07, 6.45) is 1.40. The molecule has 94 valence electrons. The predicted molar refractivity (Wildman–Crippen MR) is 65.9 cm³/mol. The number of rotatable bonds is 3. The molecule has 0 aliphatic heterocycles. The van der Waals surface area contributed by atoms with Gasteiger partial charge in [-0.15, -0.1) is 0 Å². The Hall–Kier alpha value is -2.15. The number of nitrogens with zero attached hydrogens (tertiary/aromatic N) is 1. The summed E-state index contributed by atoms with van der Waals surface area (Å²) in [5.74, 6) is -0.617. The molecule has 0 atom stereocenters. The summed E-state index contributed by atoms with van der Waals surface area (Å²) >= 11 is 0. The second-order valence-electron chi connectivity index (χ2n) is 3.50. The first-order chi connectivity index (χ1) is 8.49. The molecule has 18 heavy (non-hydrogen) atoms. The quantitative estimate of drug-likeness (QED) is 0.884. The minimum atomic E-state index is -3.89. The molecule has 1 aromatic carbocycles. The Labute approximate surface area is 104 Å². The van der Waals surface area contributed by atoms with Crippen molar-refractivity contribution in [1.82, 2.24) is 4.98 Å². The molecule has 7 heteroatoms. The van der Waals surface area contributed by atoms with E-state index >= 15 is 0 Å². The van der Waals surface area contributed by atoms with Crippen molar-refractivity contribution >= 4 is 21.5 Å². The second kappa shape index (κ2) is 4.61. The SMILES string of the molecule is Nc1cccnc1NS(=O)(=O)c1cccc(F)c1. The van der Waals surface area contributed by atoms with Crippen LogP contribution in [0.5, 0.6) is 0 Å². The minimum absolute atomic E-state index is 0.0155. The fourth-order valence-electron chi connectivity index (χ4n) is 1.32. The number of anilines is 2. The van der Waals surface area contributed by atoms with E-state index in [0.717, 1.165) is 12.1 Å². The van der Waals surface area contributed by atoms with Gasteiger partial charge in [-0.3, -0.25) is 4.72 Å². The molecule has 1 heterocycles. The molecule has 0 bridgehead atoms. The van der Waals surface area contributed by atoms with Gasteiger partial charge < -0.3 is 5.73 Å². The number of sulfonamides is 1. The molecule has 0 amide bonds. The van der Waals surface area contributed by atoms with Gasteiger partial charge in [-0.05, 0) is 30.3 Å². The first-order valence-corrected chi connectivity index (χ1v) is 6.46. The van der Waals surface area contributed by atoms with Crippen LogP contribution in [-0.4, -0.2) is 13.4 Å². The molecule has 2 rings (SSSR count). The summed E-state index contributed by atoms with van der Waals surface area (Å²) in [5, 5.41) is 0. The van der Waals surface area contributed by atoms with Crippen LogP contribution in [0.15, 0.2) is 47.5 Å². The molecule has 0 fully saturated rings. The van der Waals surface area contributed by atoms with Gasteiger partial charge in [0, 0.05) is 6.20 Å². The van der Waals surface area contributed by atoms with E-state index in [0.29, 0.717) is 0 Å². The summed E-state index contributed by atoms with van der Waals surface area (Å²) in [4.78, 5) is 3.61. The molecule has 0 saturated heterocycles. The molecule has 0 aliphatic carbocycles. The van der Waals surface area contributed by atoms with Crippen LogP contribution in [0, 0.1) is 5.82 Å². The van der Waals surface area contributed by atoms with E-state index in [1.54, 1.807) is 6.07 Å². The van der Waals surface area contributed by atoms with Crippen LogP contribution in [0.1, 0.15) is 0 Å². The monoisotopic (exact) mass is 267 g/mol. The smallest absolute Gasteiger partial charge is 0.263 e. The molecule has 5 nitrogen and oxygen atoms in total. The molecule has 0 radical (unpaired) electrons. The molecule has 0 aliphatic rings. The Morgan fingerprint density at radius 3 is 2.67 bits per heavy atom. The highest BCUT2D eigenvalue weighted by molar-refractivity contribution is 7.92. The summed E-state index contributed by atoms with van der Waals surface area (Å²) in [6, 6.07) is 7.76. The molecular formula is C11H10FN3O2S. The first-order valence-electron chi connectivity index (χ1n) is 4.98. The summed E-state index contributed by atoms with van der Waals surface area (Å²) in [7, 11) is -3.89. The standard InChI is InChI=1S/C11H10FN3O2S/c12-8-3-1-4-9(7-8)18(16,17)15-11-10(13)5-2-6-14-11/h1-7H,13H2,(H,14,15). The van der Waals surface area contributed by atoms with Crippen LogP contribution >= 0.6 is 0 Å². The lowest BCUT2D eigenvalue weighted by atomic mass is 10.4. The maximum atomic E-state index is 13.0. The lowest BCUT2D eigenvalue weighted by Crippen LogP contribution is -2.15. The van der Waals surface area contributed by atoms with Gasteiger partial charge in [0.2, 0.25) is 0 Å². The highest BCUT2D eigenvalue weighted by atomic mass is 32.2. The van der Waals surface area contributed by atoms with Gasteiger partial charge in [0.1, 0.15) is 5.82 Å². The van der Waals surface area contributed by atoms with Gasteiger partial charge in [-0.25, -0.2) is 17.8 Å². The van der Waals surface area contributed by atoms with Crippen molar-refractivity contribution in [2.45, 2.75) is 4.90 Å². The van der Waals surface area contributed by atoms with Crippen LogP contribution < -0.4 is 10.5 Å². The van der Waals surface area contributed by atoms with Crippen molar-refractivity contribution in [2.75, 3.05) is 10.5 Å². The van der Waals surface area contributed by atoms with Gasteiger partial charge in [0.25, 0.3) is 10.0 Å². The van der Waals surface area contributed by atoms with E-state index in [1.165, 1.54) is 24.4 Å². The van der Waals surface area contributed by atoms with E-state index in [1.807, 2.05) is 0 Å². The molecule has 1 aromatic heterocycles. The number of nitrogen functional groups attached to an aromatic ring is 1. The van der Waals surface area contributed by atoms with Crippen molar-refractivity contribution in [3.8, 4) is 0 Å². The van der Waals surface area contributed by atoms with E-state index < -0.39 is 15.8 Å². The third-order valence-corrected chi connectivity index (χ3v) is 3.51. The molecule has 3 N–H and O–H groups in total. The maximum Gasteiger partial charge on any atom is 0.263 e. The van der Waals surface area contributed by atoms with Crippen LogP contribution in [-0.2, 0) is 10.0 Å². The van der Waals surface area contributed by atoms with Crippen molar-refractivity contribution < 1.29 is 12.8 Å². The first kappa shape index (κ1) is 12.3. The van der Waals surface area contributed by atoms with Crippen LogP contribution in [0.4, 0.5) is 15.9 Å². The van der Waals surface area contributed by atoms with E-state index in [-0.39, 0.29) is 16.4 Å². The van der Waals surface area contributed by atoms with Gasteiger partial charge in [-0.1, -0.05) is 6.07 Å². The predicted octanol–water partition coefficient (Wildman–Crippen LogP) is 1.60. The highest BCUT2D eigenvalue weighted by Crippen LogP contribution is 2.19. The van der Waals surface area contributed by atoms with E-state index in [9.17, 15) is 12.8 Å². The Morgan fingerprint density at radius 2 is 2.00 bits per heavy atom. The van der Waals surface area contributed by atoms with Crippen molar-refractivity contribution in [3.05, 3.63) is 48.4 Å². The zero-order valence-corrected chi connectivity index (χ0v) is 9.99. The molecule has 2 aromatic rings. The Balaban J connectivity index is 2.37. The average molecular weight is 267 g/mol. The number of hydrogen-bond donors (Lipinski definition) is 2. The van der Waals surface area contributed by atoms with Crippen LogP contribution in [0.3, 0.4) is 0 Å². The molecular weight excluding hydrogens is 257 g/mol. The fraction of sp³-hybridized carbons (Fsp3) is 0. The third kappa shape index (κ3) is 2.57. The Kier molecular flexibility index (Phi) is 3.15. The van der Waals surface area contributed by atoms with Gasteiger partial charge >= 0.3 is 0 Å². The second-order valence-corrected chi connectivity index (χ2v) is 5.19. The number of hydrogen-bond acceptors (Lipinski definition) is 4. The Morgan fingerprint density at radius 1 is 1.22 bits per heavy atom. The normalized spacial score (nSPS) is 11.2. The number of nitrogens with one attached hydrogen (secondary N) is 1. The van der Waals surface area contributed by atoms with Crippen LogP contribution in [0.25, 0.3) is 0 Å². The fourth-order valence-corrected chi connectivity index (χ4v) is 2.39. The molecule has 0 spiro atoms. The number of nitrogens with two attached hydrogens (primary N) is 1. The van der Waals surface area contributed by atoms with Gasteiger partial charge in [-0.2, -0.15) is 0 Å². The van der Waals surface area contributed by atoms with Crippen molar-refractivity contribution in [2.24, 2.45) is 0 Å². The zero-order valence-electron chi connectivity index (χ0n) is 9.17. The summed E-state index contributed by atoms with van der Waals surface area (Å²) < 4.78 is 39.0.